The molecule has 0 aliphatic rings. The van der Waals surface area contributed by atoms with Crippen LogP contribution in [0.15, 0.2) is 53.5 Å². The highest BCUT2D eigenvalue weighted by molar-refractivity contribution is 14.0. The fourth-order valence-electron chi connectivity index (χ4n) is 2.24. The largest absolute Gasteiger partial charge is 0.497 e. The molecule has 5 nitrogen and oxygen atoms in total. The second kappa shape index (κ2) is 11.6. The van der Waals surface area contributed by atoms with Gasteiger partial charge in [0.2, 0.25) is 0 Å². The average Bonchev–Trinajstić information content (AvgIpc) is 2.67. The molecule has 0 fully saturated rings. The van der Waals surface area contributed by atoms with E-state index in [1.54, 1.807) is 26.3 Å². The maximum Gasteiger partial charge on any atom is 0.422 e. The number of nitrogens with one attached hydrogen (secondary N) is 2. The molecule has 2 rings (SSSR count). The zero-order chi connectivity index (χ0) is 19.7. The van der Waals surface area contributed by atoms with Crippen LogP contribution in [0, 0.1) is 0 Å². The topological polar surface area (TPSA) is 54.9 Å². The van der Waals surface area contributed by atoms with Crippen molar-refractivity contribution < 1.29 is 22.6 Å². The first kappa shape index (κ1) is 23.9. The van der Waals surface area contributed by atoms with E-state index in [9.17, 15) is 13.2 Å². The minimum atomic E-state index is -4.35. The molecule has 0 amide bonds. The van der Waals surface area contributed by atoms with Crippen molar-refractivity contribution in [1.29, 1.82) is 0 Å². The van der Waals surface area contributed by atoms with E-state index >= 15 is 0 Å². The Kier molecular flexibility index (Phi) is 9.91. The Balaban J connectivity index is 0.00000392. The molecule has 0 bridgehead atoms. The minimum Gasteiger partial charge on any atom is -0.497 e. The zero-order valence-electron chi connectivity index (χ0n) is 15.5. The quantitative estimate of drug-likeness (QED) is 0.335. The van der Waals surface area contributed by atoms with E-state index in [-0.39, 0.29) is 29.7 Å². The van der Waals surface area contributed by atoms with Gasteiger partial charge in [-0.25, -0.2) is 0 Å². The molecule has 0 saturated carbocycles. The lowest BCUT2D eigenvalue weighted by Crippen LogP contribution is -2.36. The summed E-state index contributed by atoms with van der Waals surface area (Å²) < 4.78 is 46.3. The molecule has 0 aliphatic carbocycles. The third-order valence-electron chi connectivity index (χ3n) is 3.60. The van der Waals surface area contributed by atoms with E-state index in [1.807, 2.05) is 24.3 Å². The van der Waals surface area contributed by atoms with Crippen molar-refractivity contribution in [3.05, 3.63) is 59.7 Å². The molecule has 0 spiro atoms. The van der Waals surface area contributed by atoms with Crippen LogP contribution in [-0.2, 0) is 13.1 Å². The van der Waals surface area contributed by atoms with E-state index in [1.165, 1.54) is 12.1 Å². The Morgan fingerprint density at radius 3 is 2.18 bits per heavy atom. The lowest BCUT2D eigenvalue weighted by molar-refractivity contribution is -0.153. The SMILES string of the molecule is CN=C(NCc1ccc(OCC(F)(F)F)cc1)NCc1cccc(OC)c1.I. The van der Waals surface area contributed by atoms with Crippen molar-refractivity contribution in [3.63, 3.8) is 0 Å². The summed E-state index contributed by atoms with van der Waals surface area (Å²) in [6, 6.07) is 14.1. The van der Waals surface area contributed by atoms with Gasteiger partial charge in [-0.1, -0.05) is 24.3 Å². The molecule has 2 aromatic rings. The van der Waals surface area contributed by atoms with E-state index in [2.05, 4.69) is 20.4 Å². The standard InChI is InChI=1S/C19H22F3N3O2.HI/c1-23-18(25-12-15-4-3-5-17(10-15)26-2)24-11-14-6-8-16(9-7-14)27-13-19(20,21)22;/h3-10H,11-13H2,1-2H3,(H2,23,24,25);1H. The van der Waals surface area contributed by atoms with Gasteiger partial charge in [-0.15, -0.1) is 24.0 Å². The Morgan fingerprint density at radius 1 is 0.964 bits per heavy atom. The molecule has 0 unspecified atom stereocenters. The number of hydrogen-bond donors (Lipinski definition) is 2. The molecular formula is C19H23F3IN3O2. The molecule has 154 valence electrons. The van der Waals surface area contributed by atoms with Gasteiger partial charge in [-0.05, 0) is 35.4 Å². The van der Waals surface area contributed by atoms with Crippen LogP contribution in [0.4, 0.5) is 13.2 Å². The van der Waals surface area contributed by atoms with Gasteiger partial charge in [0.15, 0.2) is 12.6 Å². The predicted molar refractivity (Wildman–Crippen MR) is 113 cm³/mol. The Bertz CT molecular complexity index is 753. The molecule has 0 radical (unpaired) electrons. The molecule has 0 saturated heterocycles. The molecule has 28 heavy (non-hydrogen) atoms. The maximum atomic E-state index is 12.1. The van der Waals surface area contributed by atoms with Crippen LogP contribution in [-0.4, -0.2) is 32.9 Å². The fourth-order valence-corrected chi connectivity index (χ4v) is 2.24. The van der Waals surface area contributed by atoms with E-state index in [0.717, 1.165) is 16.9 Å². The summed E-state index contributed by atoms with van der Waals surface area (Å²) in [5.41, 5.74) is 1.93. The van der Waals surface area contributed by atoms with Crippen molar-refractivity contribution in [3.8, 4) is 11.5 Å². The highest BCUT2D eigenvalue weighted by Gasteiger charge is 2.28. The van der Waals surface area contributed by atoms with Crippen LogP contribution in [0.5, 0.6) is 11.5 Å². The normalized spacial score (nSPS) is 11.4. The van der Waals surface area contributed by atoms with Crippen LogP contribution in [0.3, 0.4) is 0 Å². The summed E-state index contributed by atoms with van der Waals surface area (Å²) in [7, 11) is 3.28. The van der Waals surface area contributed by atoms with Crippen LogP contribution in [0.2, 0.25) is 0 Å². The van der Waals surface area contributed by atoms with Gasteiger partial charge >= 0.3 is 6.18 Å². The number of hydrogen-bond acceptors (Lipinski definition) is 3. The number of halogens is 4. The number of nitrogens with zero attached hydrogens (tertiary/aromatic N) is 1. The molecule has 2 aromatic carbocycles. The summed E-state index contributed by atoms with van der Waals surface area (Å²) in [5, 5.41) is 6.34. The Morgan fingerprint density at radius 2 is 1.61 bits per heavy atom. The van der Waals surface area contributed by atoms with Crippen molar-refractivity contribution >= 4 is 29.9 Å². The average molecular weight is 509 g/mol. The molecule has 9 heteroatoms. The van der Waals surface area contributed by atoms with Gasteiger partial charge in [0.25, 0.3) is 0 Å². The minimum absolute atomic E-state index is 0. The smallest absolute Gasteiger partial charge is 0.422 e. The fraction of sp³-hybridized carbons (Fsp3) is 0.316. The van der Waals surface area contributed by atoms with Gasteiger partial charge in [0, 0.05) is 20.1 Å². The Hall–Kier alpha value is -2.17. The number of aliphatic imine (C=N–C) groups is 1. The summed E-state index contributed by atoms with van der Waals surface area (Å²) in [5.74, 6) is 1.57. The molecule has 0 aromatic heterocycles. The van der Waals surface area contributed by atoms with Crippen molar-refractivity contribution in [1.82, 2.24) is 10.6 Å². The summed E-state index contributed by atoms with van der Waals surface area (Å²) in [6.07, 6.45) is -4.35. The van der Waals surface area contributed by atoms with E-state index < -0.39 is 12.8 Å². The number of guanidine groups is 1. The lowest BCUT2D eigenvalue weighted by atomic mass is 10.2. The number of benzene rings is 2. The molecule has 0 atom stereocenters. The zero-order valence-corrected chi connectivity index (χ0v) is 17.9. The second-order valence-electron chi connectivity index (χ2n) is 5.68. The lowest BCUT2D eigenvalue weighted by Gasteiger charge is -2.13. The number of rotatable bonds is 7. The van der Waals surface area contributed by atoms with Crippen LogP contribution in [0.25, 0.3) is 0 Å². The van der Waals surface area contributed by atoms with Gasteiger partial charge in [0.1, 0.15) is 11.5 Å². The number of methoxy groups -OCH3 is 1. The third-order valence-corrected chi connectivity index (χ3v) is 3.60. The van der Waals surface area contributed by atoms with Gasteiger partial charge in [-0.2, -0.15) is 13.2 Å². The molecule has 2 N–H and O–H groups in total. The highest BCUT2D eigenvalue weighted by Crippen LogP contribution is 2.18. The van der Waals surface area contributed by atoms with Crippen LogP contribution in [0.1, 0.15) is 11.1 Å². The van der Waals surface area contributed by atoms with E-state index in [0.29, 0.717) is 19.0 Å². The van der Waals surface area contributed by atoms with Crippen molar-refractivity contribution in [2.75, 3.05) is 20.8 Å². The van der Waals surface area contributed by atoms with Crippen LogP contribution < -0.4 is 20.1 Å². The highest BCUT2D eigenvalue weighted by atomic mass is 127. The van der Waals surface area contributed by atoms with Crippen LogP contribution >= 0.6 is 24.0 Å². The third kappa shape index (κ3) is 8.68. The van der Waals surface area contributed by atoms with E-state index in [4.69, 9.17) is 4.74 Å². The van der Waals surface area contributed by atoms with Crippen molar-refractivity contribution in [2.24, 2.45) is 4.99 Å². The van der Waals surface area contributed by atoms with Crippen molar-refractivity contribution in [2.45, 2.75) is 19.3 Å². The summed E-state index contributed by atoms with van der Waals surface area (Å²) >= 11 is 0. The molecule has 0 aliphatic heterocycles. The predicted octanol–water partition coefficient (Wildman–Crippen LogP) is 4.12. The first-order valence-corrected chi connectivity index (χ1v) is 8.25. The molecule has 0 heterocycles. The first-order chi connectivity index (χ1) is 12.9. The number of alkyl halides is 3. The Labute approximate surface area is 179 Å². The monoisotopic (exact) mass is 509 g/mol. The summed E-state index contributed by atoms with van der Waals surface area (Å²) in [6.45, 7) is -0.260. The van der Waals surface area contributed by atoms with Gasteiger partial charge in [0.05, 0.1) is 7.11 Å². The molecular weight excluding hydrogens is 486 g/mol. The number of ether oxygens (including phenoxy) is 2. The second-order valence-corrected chi connectivity index (χ2v) is 5.68. The summed E-state index contributed by atoms with van der Waals surface area (Å²) in [4.78, 5) is 4.15. The van der Waals surface area contributed by atoms with Gasteiger partial charge in [-0.3, -0.25) is 4.99 Å². The maximum absolute atomic E-state index is 12.1. The first-order valence-electron chi connectivity index (χ1n) is 8.25. The van der Waals surface area contributed by atoms with Gasteiger partial charge < -0.3 is 20.1 Å².